The fraction of sp³-hybridized carbons (Fsp3) is 0.722. The number of aliphatic imine (C=N–C) groups is 1. The Morgan fingerprint density at radius 3 is 2.09 bits per heavy atom. The van der Waals surface area contributed by atoms with Crippen molar-refractivity contribution in [2.75, 3.05) is 18.8 Å². The lowest BCUT2D eigenvalue weighted by molar-refractivity contribution is -0.142. The lowest BCUT2D eigenvalue weighted by Crippen LogP contribution is -2.57. The highest BCUT2D eigenvalue weighted by Gasteiger charge is 2.27. The van der Waals surface area contributed by atoms with Gasteiger partial charge in [0.1, 0.15) is 18.1 Å². The third-order valence-electron chi connectivity index (χ3n) is 4.43. The molecule has 0 fully saturated rings. The van der Waals surface area contributed by atoms with Crippen molar-refractivity contribution < 1.29 is 24.3 Å². The van der Waals surface area contributed by atoms with Crippen LogP contribution in [0.4, 0.5) is 0 Å². The highest BCUT2D eigenvalue weighted by atomic mass is 32.1. The minimum atomic E-state index is -1.19. The number of carboxylic acid groups (broad SMARTS) is 1. The van der Waals surface area contributed by atoms with Crippen molar-refractivity contribution in [3.8, 4) is 0 Å². The molecule has 0 bridgehead atoms. The Bertz CT molecular complexity index is 659. The molecule has 0 aliphatic heterocycles. The van der Waals surface area contributed by atoms with Gasteiger partial charge in [0.25, 0.3) is 0 Å². The Balaban J connectivity index is 4.69. The zero-order valence-electron chi connectivity index (χ0n) is 18.3. The Morgan fingerprint density at radius 1 is 0.938 bits per heavy atom. The Morgan fingerprint density at radius 2 is 1.56 bits per heavy atom. The van der Waals surface area contributed by atoms with E-state index in [9.17, 15) is 24.3 Å². The summed E-state index contributed by atoms with van der Waals surface area (Å²) in [4.78, 5) is 52.1. The lowest BCUT2D eigenvalue weighted by Gasteiger charge is -2.22. The van der Waals surface area contributed by atoms with Crippen molar-refractivity contribution in [3.05, 3.63) is 0 Å². The van der Waals surface area contributed by atoms with Crippen LogP contribution in [-0.2, 0) is 19.2 Å². The number of thiol groups is 1. The number of nitrogens with two attached hydrogens (primary N) is 4. The Hall–Kier alpha value is -2.58. The number of rotatable bonds is 16. The fourth-order valence-electron chi connectivity index (χ4n) is 2.55. The topological polar surface area (TPSA) is 241 Å². The largest absolute Gasteiger partial charge is 0.480 e. The summed E-state index contributed by atoms with van der Waals surface area (Å²) in [5, 5.41) is 16.6. The van der Waals surface area contributed by atoms with E-state index in [1.807, 2.05) is 0 Å². The van der Waals surface area contributed by atoms with Gasteiger partial charge in [0, 0.05) is 12.3 Å². The third-order valence-corrected chi connectivity index (χ3v) is 4.80. The first kappa shape index (κ1) is 29.4. The quantitative estimate of drug-likeness (QED) is 0.0476. The van der Waals surface area contributed by atoms with Crippen molar-refractivity contribution in [2.45, 2.75) is 63.2 Å². The molecule has 0 saturated heterocycles. The highest BCUT2D eigenvalue weighted by Crippen LogP contribution is 2.03. The van der Waals surface area contributed by atoms with E-state index in [1.54, 1.807) is 0 Å². The average Bonchev–Trinajstić information content (AvgIpc) is 2.73. The number of carboxylic acids is 1. The first-order chi connectivity index (χ1) is 15.0. The number of guanidine groups is 1. The number of carbonyl (C=O) groups is 4. The van der Waals surface area contributed by atoms with Crippen LogP contribution < -0.4 is 38.9 Å². The number of nitrogens with one attached hydrogen (secondary N) is 3. The highest BCUT2D eigenvalue weighted by molar-refractivity contribution is 7.80. The molecule has 32 heavy (non-hydrogen) atoms. The molecule has 12 N–H and O–H groups in total. The molecule has 14 heteroatoms. The van der Waals surface area contributed by atoms with E-state index in [4.69, 9.17) is 22.9 Å². The van der Waals surface area contributed by atoms with Crippen LogP contribution in [0.3, 0.4) is 0 Å². The van der Waals surface area contributed by atoms with Crippen molar-refractivity contribution in [3.63, 3.8) is 0 Å². The van der Waals surface area contributed by atoms with E-state index >= 15 is 0 Å². The molecule has 0 aromatic carbocycles. The SMILES string of the molecule is CC(NC(=O)C(N)CCCN=C(N)N)C(=O)NC(CS)C(=O)NC(CCCCN)C(=O)O. The van der Waals surface area contributed by atoms with Gasteiger partial charge in [-0.05, 0) is 45.6 Å². The van der Waals surface area contributed by atoms with Gasteiger partial charge >= 0.3 is 5.97 Å². The monoisotopic (exact) mass is 476 g/mol. The standard InChI is InChI=1S/C18H36N8O5S/c1-10(24-15(28)11(20)5-4-8-23-18(21)22)14(27)26-13(9-32)16(29)25-12(17(30)31)6-2-3-7-19/h10-13,32H,2-9,19-20H2,1H3,(H,24,28)(H,25,29)(H,26,27)(H,30,31)(H4,21,22,23). The maximum absolute atomic E-state index is 12.4. The van der Waals surface area contributed by atoms with Crippen LogP contribution in [0.5, 0.6) is 0 Å². The molecule has 3 amide bonds. The average molecular weight is 477 g/mol. The Kier molecular flexibility index (Phi) is 14.8. The van der Waals surface area contributed by atoms with E-state index in [0.29, 0.717) is 38.8 Å². The van der Waals surface area contributed by atoms with E-state index < -0.39 is 47.9 Å². The summed E-state index contributed by atoms with van der Waals surface area (Å²) in [6, 6.07) is -4.05. The van der Waals surface area contributed by atoms with E-state index in [1.165, 1.54) is 6.92 Å². The molecular weight excluding hydrogens is 440 g/mol. The van der Waals surface area contributed by atoms with Crippen molar-refractivity contribution in [1.29, 1.82) is 0 Å². The van der Waals surface area contributed by atoms with Crippen molar-refractivity contribution >= 4 is 42.3 Å². The lowest BCUT2D eigenvalue weighted by atomic mass is 10.1. The summed E-state index contributed by atoms with van der Waals surface area (Å²) in [5.74, 6) is -3.19. The number of amides is 3. The Labute approximate surface area is 192 Å². The molecule has 13 nitrogen and oxygen atoms in total. The van der Waals surface area contributed by atoms with E-state index in [0.717, 1.165) is 0 Å². The molecule has 0 saturated carbocycles. The molecular formula is C18H36N8O5S. The molecule has 184 valence electrons. The summed E-state index contributed by atoms with van der Waals surface area (Å²) in [7, 11) is 0. The molecule has 0 aromatic heterocycles. The fourth-order valence-corrected chi connectivity index (χ4v) is 2.81. The zero-order chi connectivity index (χ0) is 24.7. The molecule has 0 spiro atoms. The van der Waals surface area contributed by atoms with Crippen LogP contribution in [0.25, 0.3) is 0 Å². The minimum absolute atomic E-state index is 0.0543. The summed E-state index contributed by atoms with van der Waals surface area (Å²) in [6.45, 7) is 2.17. The summed E-state index contributed by atoms with van der Waals surface area (Å²) in [6.07, 6.45) is 2.14. The van der Waals surface area contributed by atoms with Gasteiger partial charge in [-0.1, -0.05) is 0 Å². The van der Waals surface area contributed by atoms with Gasteiger partial charge in [0.2, 0.25) is 17.7 Å². The predicted octanol–water partition coefficient (Wildman–Crippen LogP) is -3.01. The van der Waals surface area contributed by atoms with Crippen molar-refractivity contribution in [1.82, 2.24) is 16.0 Å². The molecule has 0 rings (SSSR count). The maximum Gasteiger partial charge on any atom is 0.326 e. The number of unbranched alkanes of at least 4 members (excludes halogenated alkanes) is 1. The summed E-state index contributed by atoms with van der Waals surface area (Å²) in [5.41, 5.74) is 21.6. The molecule has 4 unspecified atom stereocenters. The van der Waals surface area contributed by atoms with Gasteiger partial charge in [0.05, 0.1) is 6.04 Å². The molecule has 0 aliphatic rings. The van der Waals surface area contributed by atoms with Crippen LogP contribution in [-0.4, -0.2) is 77.8 Å². The third kappa shape index (κ3) is 12.3. The van der Waals surface area contributed by atoms with Crippen LogP contribution in [0.2, 0.25) is 0 Å². The van der Waals surface area contributed by atoms with E-state index in [-0.39, 0.29) is 18.1 Å². The van der Waals surface area contributed by atoms with Gasteiger partial charge in [-0.3, -0.25) is 19.4 Å². The number of carbonyl (C=O) groups excluding carboxylic acids is 3. The second-order valence-electron chi connectivity index (χ2n) is 7.21. The molecule has 0 heterocycles. The first-order valence-corrected chi connectivity index (χ1v) is 10.9. The molecule has 0 radical (unpaired) electrons. The second kappa shape index (κ2) is 16.1. The molecule has 4 atom stereocenters. The van der Waals surface area contributed by atoms with Gasteiger partial charge in [-0.2, -0.15) is 12.6 Å². The second-order valence-corrected chi connectivity index (χ2v) is 7.58. The van der Waals surface area contributed by atoms with Crippen LogP contribution in [0.1, 0.15) is 39.0 Å². The van der Waals surface area contributed by atoms with E-state index in [2.05, 4.69) is 33.6 Å². The number of hydrogen-bond donors (Lipinski definition) is 9. The van der Waals surface area contributed by atoms with Crippen molar-refractivity contribution in [2.24, 2.45) is 27.9 Å². The summed E-state index contributed by atoms with van der Waals surface area (Å²) < 4.78 is 0. The number of hydrogen-bond acceptors (Lipinski definition) is 8. The summed E-state index contributed by atoms with van der Waals surface area (Å²) >= 11 is 4.05. The predicted molar refractivity (Wildman–Crippen MR) is 124 cm³/mol. The van der Waals surface area contributed by atoms with Gasteiger partial charge in [-0.25, -0.2) is 4.79 Å². The normalized spacial score (nSPS) is 14.4. The zero-order valence-corrected chi connectivity index (χ0v) is 19.1. The van der Waals surface area contributed by atoms with Gasteiger partial charge in [-0.15, -0.1) is 0 Å². The minimum Gasteiger partial charge on any atom is -0.480 e. The number of nitrogens with zero attached hydrogens (tertiary/aromatic N) is 1. The maximum atomic E-state index is 12.4. The molecule has 0 aliphatic carbocycles. The van der Waals surface area contributed by atoms with Crippen LogP contribution in [0.15, 0.2) is 4.99 Å². The van der Waals surface area contributed by atoms with Crippen LogP contribution >= 0.6 is 12.6 Å². The first-order valence-electron chi connectivity index (χ1n) is 10.3. The smallest absolute Gasteiger partial charge is 0.326 e. The van der Waals surface area contributed by atoms with Crippen LogP contribution in [0, 0.1) is 0 Å². The molecule has 0 aromatic rings. The number of aliphatic carboxylic acids is 1. The van der Waals surface area contributed by atoms with Gasteiger partial charge in [0.15, 0.2) is 5.96 Å². The van der Waals surface area contributed by atoms with Gasteiger partial charge < -0.3 is 44.0 Å².